The summed E-state index contributed by atoms with van der Waals surface area (Å²) in [7, 11) is 0. The van der Waals surface area contributed by atoms with Crippen LogP contribution >= 0.6 is 0 Å². The standard InChI is InChI=1S/C18H17FN2O/c1-12(2)20-18(22)13-3-6-16(7-4-13)21-10-9-14-11-15(19)5-8-17(14)21/h3-12H,1-2H3,(H,20,22). The van der Waals surface area contributed by atoms with E-state index in [1.54, 1.807) is 18.2 Å². The van der Waals surface area contributed by atoms with Crippen molar-refractivity contribution < 1.29 is 9.18 Å². The number of nitrogens with one attached hydrogen (secondary N) is 1. The fourth-order valence-electron chi connectivity index (χ4n) is 2.46. The lowest BCUT2D eigenvalue weighted by Crippen LogP contribution is -2.29. The Morgan fingerprint density at radius 2 is 1.82 bits per heavy atom. The minimum Gasteiger partial charge on any atom is -0.350 e. The largest absolute Gasteiger partial charge is 0.350 e. The van der Waals surface area contributed by atoms with Gasteiger partial charge in [0.2, 0.25) is 0 Å². The number of amides is 1. The van der Waals surface area contributed by atoms with Gasteiger partial charge in [-0.1, -0.05) is 0 Å². The summed E-state index contributed by atoms with van der Waals surface area (Å²) in [5.74, 6) is -0.327. The van der Waals surface area contributed by atoms with Crippen LogP contribution < -0.4 is 5.32 Å². The molecule has 1 amide bonds. The maximum absolute atomic E-state index is 13.2. The first kappa shape index (κ1) is 14.3. The van der Waals surface area contributed by atoms with Crippen LogP contribution in [0.2, 0.25) is 0 Å². The number of carbonyl (C=O) groups excluding carboxylic acids is 1. The van der Waals surface area contributed by atoms with E-state index in [1.165, 1.54) is 12.1 Å². The number of benzene rings is 2. The minimum absolute atomic E-state index is 0.0824. The summed E-state index contributed by atoms with van der Waals surface area (Å²) < 4.78 is 15.2. The van der Waals surface area contributed by atoms with E-state index < -0.39 is 0 Å². The van der Waals surface area contributed by atoms with Crippen molar-refractivity contribution in [3.8, 4) is 5.69 Å². The predicted octanol–water partition coefficient (Wildman–Crippen LogP) is 3.91. The molecule has 3 nitrogen and oxygen atoms in total. The highest BCUT2D eigenvalue weighted by Crippen LogP contribution is 2.21. The fraction of sp³-hybridized carbons (Fsp3) is 0.167. The summed E-state index contributed by atoms with van der Waals surface area (Å²) in [5, 5.41) is 3.71. The van der Waals surface area contributed by atoms with Crippen LogP contribution in [0.1, 0.15) is 24.2 Å². The molecule has 2 aromatic carbocycles. The molecule has 0 atom stereocenters. The molecule has 0 aliphatic carbocycles. The van der Waals surface area contributed by atoms with Gasteiger partial charge in [-0.05, 0) is 62.4 Å². The lowest BCUT2D eigenvalue weighted by atomic mass is 10.2. The number of aromatic nitrogens is 1. The first-order valence-electron chi connectivity index (χ1n) is 7.22. The van der Waals surface area contributed by atoms with Gasteiger partial charge in [0.1, 0.15) is 5.82 Å². The van der Waals surface area contributed by atoms with Crippen LogP contribution in [0.4, 0.5) is 4.39 Å². The van der Waals surface area contributed by atoms with Gasteiger partial charge in [0.15, 0.2) is 0 Å². The first-order valence-corrected chi connectivity index (χ1v) is 7.22. The summed E-state index contributed by atoms with van der Waals surface area (Å²) >= 11 is 0. The number of nitrogens with zero attached hydrogens (tertiary/aromatic N) is 1. The van der Waals surface area contributed by atoms with Gasteiger partial charge in [-0.15, -0.1) is 0 Å². The summed E-state index contributed by atoms with van der Waals surface area (Å²) in [6.45, 7) is 3.86. The lowest BCUT2D eigenvalue weighted by molar-refractivity contribution is 0.0943. The van der Waals surface area contributed by atoms with Crippen molar-refractivity contribution in [2.24, 2.45) is 0 Å². The van der Waals surface area contributed by atoms with Crippen molar-refractivity contribution in [1.29, 1.82) is 0 Å². The van der Waals surface area contributed by atoms with Crippen molar-refractivity contribution in [1.82, 2.24) is 9.88 Å². The molecular formula is C18H17FN2O. The minimum atomic E-state index is -0.244. The average molecular weight is 296 g/mol. The number of carbonyl (C=O) groups is 1. The molecule has 3 aromatic rings. The number of hydrogen-bond acceptors (Lipinski definition) is 1. The van der Waals surface area contributed by atoms with Crippen molar-refractivity contribution >= 4 is 16.8 Å². The van der Waals surface area contributed by atoms with E-state index in [1.807, 2.05) is 42.8 Å². The molecular weight excluding hydrogens is 279 g/mol. The van der Waals surface area contributed by atoms with Crippen LogP contribution in [0.3, 0.4) is 0 Å². The highest BCUT2D eigenvalue weighted by atomic mass is 19.1. The molecule has 0 radical (unpaired) electrons. The number of hydrogen-bond donors (Lipinski definition) is 1. The molecule has 1 N–H and O–H groups in total. The van der Waals surface area contributed by atoms with Gasteiger partial charge < -0.3 is 9.88 Å². The van der Waals surface area contributed by atoms with Gasteiger partial charge in [0.05, 0.1) is 5.52 Å². The Labute approximate surface area is 128 Å². The topological polar surface area (TPSA) is 34.0 Å². The van der Waals surface area contributed by atoms with E-state index >= 15 is 0 Å². The zero-order valence-corrected chi connectivity index (χ0v) is 12.5. The van der Waals surface area contributed by atoms with Gasteiger partial charge >= 0.3 is 0 Å². The second kappa shape index (κ2) is 5.64. The van der Waals surface area contributed by atoms with E-state index in [-0.39, 0.29) is 17.8 Å². The maximum atomic E-state index is 13.2. The molecule has 0 saturated carbocycles. The first-order chi connectivity index (χ1) is 10.5. The Balaban J connectivity index is 1.93. The third-order valence-corrected chi connectivity index (χ3v) is 3.48. The van der Waals surface area contributed by atoms with Crippen molar-refractivity contribution in [3.05, 3.63) is 66.1 Å². The lowest BCUT2D eigenvalue weighted by Gasteiger charge is -2.10. The molecule has 0 bridgehead atoms. The highest BCUT2D eigenvalue weighted by molar-refractivity contribution is 5.94. The van der Waals surface area contributed by atoms with Crippen LogP contribution in [0, 0.1) is 5.82 Å². The second-order valence-electron chi connectivity index (χ2n) is 5.56. The maximum Gasteiger partial charge on any atom is 0.251 e. The van der Waals surface area contributed by atoms with Gasteiger partial charge in [0.25, 0.3) is 5.91 Å². The normalized spacial score (nSPS) is 11.1. The molecule has 0 fully saturated rings. The predicted molar refractivity (Wildman–Crippen MR) is 85.8 cm³/mol. The molecule has 4 heteroatoms. The van der Waals surface area contributed by atoms with Crippen molar-refractivity contribution in [3.63, 3.8) is 0 Å². The number of rotatable bonds is 3. The third kappa shape index (κ3) is 2.72. The van der Waals surface area contributed by atoms with E-state index in [4.69, 9.17) is 0 Å². The number of halogens is 1. The molecule has 0 spiro atoms. The molecule has 3 rings (SSSR count). The van der Waals surface area contributed by atoms with Crippen LogP contribution in [0.5, 0.6) is 0 Å². The average Bonchev–Trinajstić information content (AvgIpc) is 2.89. The van der Waals surface area contributed by atoms with Crippen LogP contribution in [0.25, 0.3) is 16.6 Å². The Hall–Kier alpha value is -2.62. The van der Waals surface area contributed by atoms with Gasteiger partial charge in [-0.3, -0.25) is 4.79 Å². The Kier molecular flexibility index (Phi) is 3.67. The molecule has 0 saturated heterocycles. The number of fused-ring (bicyclic) bond motifs is 1. The molecule has 1 heterocycles. The highest BCUT2D eigenvalue weighted by Gasteiger charge is 2.08. The van der Waals surface area contributed by atoms with E-state index in [0.29, 0.717) is 5.56 Å². The summed E-state index contributed by atoms with van der Waals surface area (Å²) in [5.41, 5.74) is 2.49. The Morgan fingerprint density at radius 1 is 1.09 bits per heavy atom. The fourth-order valence-corrected chi connectivity index (χ4v) is 2.46. The molecule has 22 heavy (non-hydrogen) atoms. The summed E-state index contributed by atoms with van der Waals surface area (Å²) in [4.78, 5) is 11.9. The SMILES string of the molecule is CC(C)NC(=O)c1ccc(-n2ccc3cc(F)ccc32)cc1. The van der Waals surface area contributed by atoms with E-state index in [9.17, 15) is 9.18 Å². The van der Waals surface area contributed by atoms with Crippen LogP contribution in [-0.4, -0.2) is 16.5 Å². The molecule has 0 aliphatic rings. The monoisotopic (exact) mass is 296 g/mol. The van der Waals surface area contributed by atoms with Crippen molar-refractivity contribution in [2.75, 3.05) is 0 Å². The van der Waals surface area contributed by atoms with Gasteiger partial charge in [-0.25, -0.2) is 4.39 Å². The molecule has 1 aromatic heterocycles. The van der Waals surface area contributed by atoms with Gasteiger partial charge in [-0.2, -0.15) is 0 Å². The summed E-state index contributed by atoms with van der Waals surface area (Å²) in [6.07, 6.45) is 1.90. The quantitative estimate of drug-likeness (QED) is 0.781. The Morgan fingerprint density at radius 3 is 2.50 bits per heavy atom. The Bertz CT molecular complexity index is 819. The third-order valence-electron chi connectivity index (χ3n) is 3.48. The summed E-state index contributed by atoms with van der Waals surface area (Å²) in [6, 6.07) is 14.1. The van der Waals surface area contributed by atoms with Crippen molar-refractivity contribution in [2.45, 2.75) is 19.9 Å². The zero-order chi connectivity index (χ0) is 15.7. The van der Waals surface area contributed by atoms with E-state index in [0.717, 1.165) is 16.6 Å². The molecule has 0 unspecified atom stereocenters. The molecule has 0 aliphatic heterocycles. The smallest absolute Gasteiger partial charge is 0.251 e. The molecule has 112 valence electrons. The zero-order valence-electron chi connectivity index (χ0n) is 12.5. The van der Waals surface area contributed by atoms with Crippen LogP contribution in [0.15, 0.2) is 54.7 Å². The van der Waals surface area contributed by atoms with E-state index in [2.05, 4.69) is 5.32 Å². The van der Waals surface area contributed by atoms with Gasteiger partial charge in [0, 0.05) is 28.9 Å². The second-order valence-corrected chi connectivity index (χ2v) is 5.56. The van der Waals surface area contributed by atoms with Crippen LogP contribution in [-0.2, 0) is 0 Å².